The number of methoxy groups -OCH3 is 1. The zero-order chi connectivity index (χ0) is 22.0. The van der Waals surface area contributed by atoms with Gasteiger partial charge in [0.25, 0.3) is 5.88 Å². The summed E-state index contributed by atoms with van der Waals surface area (Å²) < 4.78 is 13.3. The van der Waals surface area contributed by atoms with Gasteiger partial charge in [-0.25, -0.2) is 18.9 Å². The fourth-order valence-corrected chi connectivity index (χ4v) is 3.12. The van der Waals surface area contributed by atoms with Crippen LogP contribution in [0.5, 0.6) is 17.4 Å². The number of nitrogens with one attached hydrogen (secondary N) is 1. The molecule has 0 atom stereocenters. The van der Waals surface area contributed by atoms with Gasteiger partial charge in [-0.1, -0.05) is 23.7 Å². The zero-order valence-electron chi connectivity index (χ0n) is 16.7. The highest BCUT2D eigenvalue weighted by molar-refractivity contribution is 6.31. The zero-order valence-corrected chi connectivity index (χ0v) is 17.5. The molecule has 0 saturated carbocycles. The van der Waals surface area contributed by atoms with Crippen molar-refractivity contribution in [3.8, 4) is 17.4 Å². The molecule has 0 saturated heterocycles. The molecule has 0 aliphatic rings. The molecule has 0 unspecified atom stereocenters. The Labute approximate surface area is 181 Å². The molecule has 158 valence electrons. The van der Waals surface area contributed by atoms with Crippen LogP contribution in [0.15, 0.2) is 59.7 Å². The maximum absolute atomic E-state index is 12.7. The van der Waals surface area contributed by atoms with E-state index in [4.69, 9.17) is 21.1 Å². The van der Waals surface area contributed by atoms with E-state index in [0.717, 1.165) is 10.2 Å². The predicted molar refractivity (Wildman–Crippen MR) is 115 cm³/mol. The summed E-state index contributed by atoms with van der Waals surface area (Å²) in [6, 6.07) is 12.1. The molecule has 0 aliphatic heterocycles. The Balaban J connectivity index is 1.60. The summed E-state index contributed by atoms with van der Waals surface area (Å²) in [4.78, 5) is 29.4. The molecule has 10 heteroatoms. The lowest BCUT2D eigenvalue weighted by molar-refractivity contribution is -0.117. The van der Waals surface area contributed by atoms with Crippen molar-refractivity contribution in [1.82, 2.24) is 19.2 Å². The van der Waals surface area contributed by atoms with Crippen LogP contribution in [0.25, 0.3) is 5.65 Å². The third kappa shape index (κ3) is 4.22. The first kappa shape index (κ1) is 20.4. The summed E-state index contributed by atoms with van der Waals surface area (Å²) in [7, 11) is 1.55. The van der Waals surface area contributed by atoms with Crippen molar-refractivity contribution in [2.24, 2.45) is 0 Å². The van der Waals surface area contributed by atoms with Crippen LogP contribution in [0.1, 0.15) is 5.56 Å². The van der Waals surface area contributed by atoms with Gasteiger partial charge in [-0.05, 0) is 36.8 Å². The van der Waals surface area contributed by atoms with E-state index in [-0.39, 0.29) is 18.1 Å². The van der Waals surface area contributed by atoms with Gasteiger partial charge < -0.3 is 14.8 Å². The van der Waals surface area contributed by atoms with Gasteiger partial charge in [0.1, 0.15) is 18.0 Å². The van der Waals surface area contributed by atoms with E-state index >= 15 is 0 Å². The standard InChI is InChI=1S/C21H18ClN5O4/c1-13-16(22)7-4-8-17(13)24-18(28)12-27-21(29)26-10-9-23-20(19(26)25-27)31-15-6-3-5-14(11-15)30-2/h3-11H,12H2,1-2H3,(H,24,28). The van der Waals surface area contributed by atoms with Crippen molar-refractivity contribution >= 4 is 28.8 Å². The summed E-state index contributed by atoms with van der Waals surface area (Å²) in [5, 5.41) is 7.51. The van der Waals surface area contributed by atoms with Crippen LogP contribution in [0.4, 0.5) is 5.69 Å². The molecule has 2 heterocycles. The van der Waals surface area contributed by atoms with Crippen molar-refractivity contribution in [1.29, 1.82) is 0 Å². The number of halogens is 1. The van der Waals surface area contributed by atoms with Gasteiger partial charge in [-0.15, -0.1) is 5.10 Å². The Bertz CT molecular complexity index is 1330. The minimum atomic E-state index is -0.495. The first-order valence-electron chi connectivity index (χ1n) is 9.27. The largest absolute Gasteiger partial charge is 0.497 e. The lowest BCUT2D eigenvalue weighted by Gasteiger charge is -2.09. The molecular weight excluding hydrogens is 422 g/mol. The monoisotopic (exact) mass is 439 g/mol. The summed E-state index contributed by atoms with van der Waals surface area (Å²) in [5.74, 6) is 0.785. The number of carbonyl (C=O) groups excluding carboxylic acids is 1. The molecule has 1 N–H and O–H groups in total. The summed E-state index contributed by atoms with van der Waals surface area (Å²) in [6.45, 7) is 1.51. The number of carbonyl (C=O) groups is 1. The second kappa shape index (κ2) is 8.49. The second-order valence-corrected chi connectivity index (χ2v) is 7.02. The van der Waals surface area contributed by atoms with Crippen molar-refractivity contribution in [3.05, 3.63) is 75.9 Å². The van der Waals surface area contributed by atoms with E-state index in [2.05, 4.69) is 15.4 Å². The molecular formula is C21H18ClN5O4. The van der Waals surface area contributed by atoms with E-state index in [9.17, 15) is 9.59 Å². The fraction of sp³-hybridized carbons (Fsp3) is 0.143. The lowest BCUT2D eigenvalue weighted by Crippen LogP contribution is -2.28. The minimum Gasteiger partial charge on any atom is -0.497 e. The van der Waals surface area contributed by atoms with Crippen LogP contribution < -0.4 is 20.5 Å². The third-order valence-corrected chi connectivity index (χ3v) is 4.97. The Morgan fingerprint density at radius 3 is 2.77 bits per heavy atom. The topological polar surface area (TPSA) is 99.8 Å². The molecule has 0 spiro atoms. The number of ether oxygens (including phenoxy) is 2. The smallest absolute Gasteiger partial charge is 0.351 e. The molecule has 0 fully saturated rings. The fourth-order valence-electron chi connectivity index (χ4n) is 2.95. The Morgan fingerprint density at radius 2 is 1.97 bits per heavy atom. The number of hydrogen-bond acceptors (Lipinski definition) is 6. The minimum absolute atomic E-state index is 0.123. The second-order valence-electron chi connectivity index (χ2n) is 6.61. The molecule has 0 bridgehead atoms. The van der Waals surface area contributed by atoms with Crippen molar-refractivity contribution in [2.45, 2.75) is 13.5 Å². The molecule has 2 aromatic carbocycles. The summed E-state index contributed by atoms with van der Waals surface area (Å²) in [5.41, 5.74) is 0.990. The first-order chi connectivity index (χ1) is 15.0. The Kier molecular flexibility index (Phi) is 5.59. The number of hydrogen-bond donors (Lipinski definition) is 1. The van der Waals surface area contributed by atoms with Crippen LogP contribution in [0, 0.1) is 6.92 Å². The molecule has 0 aliphatic carbocycles. The normalized spacial score (nSPS) is 10.8. The van der Waals surface area contributed by atoms with E-state index in [1.165, 1.54) is 16.8 Å². The van der Waals surface area contributed by atoms with Crippen LogP contribution >= 0.6 is 11.6 Å². The lowest BCUT2D eigenvalue weighted by atomic mass is 10.2. The van der Waals surface area contributed by atoms with Gasteiger partial charge in [0.2, 0.25) is 11.6 Å². The van der Waals surface area contributed by atoms with Crippen LogP contribution in [0.3, 0.4) is 0 Å². The number of aromatic nitrogens is 4. The number of nitrogens with zero attached hydrogens (tertiary/aromatic N) is 4. The van der Waals surface area contributed by atoms with Gasteiger partial charge in [0.05, 0.1) is 7.11 Å². The average Bonchev–Trinajstić information content (AvgIpc) is 3.08. The van der Waals surface area contributed by atoms with Gasteiger partial charge in [0.15, 0.2) is 0 Å². The number of amides is 1. The molecule has 4 aromatic rings. The summed E-state index contributed by atoms with van der Waals surface area (Å²) >= 11 is 6.09. The Hall–Kier alpha value is -3.85. The van der Waals surface area contributed by atoms with Gasteiger partial charge >= 0.3 is 5.69 Å². The summed E-state index contributed by atoms with van der Waals surface area (Å²) in [6.07, 6.45) is 2.88. The maximum atomic E-state index is 12.7. The SMILES string of the molecule is COc1cccc(Oc2nccn3c(=O)n(CC(=O)Nc4cccc(Cl)c4C)nc23)c1. The molecule has 4 rings (SSSR count). The van der Waals surface area contributed by atoms with Gasteiger partial charge in [-0.3, -0.25) is 4.79 Å². The van der Waals surface area contributed by atoms with Crippen LogP contribution in [0.2, 0.25) is 5.02 Å². The van der Waals surface area contributed by atoms with E-state index in [0.29, 0.717) is 22.2 Å². The van der Waals surface area contributed by atoms with Gasteiger partial charge in [-0.2, -0.15) is 0 Å². The Morgan fingerprint density at radius 1 is 1.19 bits per heavy atom. The van der Waals surface area contributed by atoms with Gasteiger partial charge in [0, 0.05) is 29.2 Å². The van der Waals surface area contributed by atoms with E-state index < -0.39 is 11.6 Å². The van der Waals surface area contributed by atoms with Crippen LogP contribution in [-0.2, 0) is 11.3 Å². The van der Waals surface area contributed by atoms with Crippen molar-refractivity contribution < 1.29 is 14.3 Å². The van der Waals surface area contributed by atoms with Crippen molar-refractivity contribution in [3.63, 3.8) is 0 Å². The number of fused-ring (bicyclic) bond motifs is 1. The van der Waals surface area contributed by atoms with Crippen LogP contribution in [-0.4, -0.2) is 32.2 Å². The average molecular weight is 440 g/mol. The molecule has 9 nitrogen and oxygen atoms in total. The predicted octanol–water partition coefficient (Wildman–Crippen LogP) is 3.29. The number of benzene rings is 2. The number of anilines is 1. The molecule has 2 aromatic heterocycles. The maximum Gasteiger partial charge on any atom is 0.351 e. The highest BCUT2D eigenvalue weighted by Crippen LogP contribution is 2.26. The highest BCUT2D eigenvalue weighted by Gasteiger charge is 2.16. The number of rotatable bonds is 6. The molecule has 31 heavy (non-hydrogen) atoms. The third-order valence-electron chi connectivity index (χ3n) is 4.56. The van der Waals surface area contributed by atoms with E-state index in [1.807, 2.05) is 0 Å². The molecule has 0 radical (unpaired) electrons. The van der Waals surface area contributed by atoms with Crippen molar-refractivity contribution in [2.75, 3.05) is 12.4 Å². The quantitative estimate of drug-likeness (QED) is 0.495. The highest BCUT2D eigenvalue weighted by atomic mass is 35.5. The molecule has 1 amide bonds. The first-order valence-corrected chi connectivity index (χ1v) is 9.65. The van der Waals surface area contributed by atoms with E-state index in [1.54, 1.807) is 56.5 Å².